The molecule has 0 saturated heterocycles. The van der Waals surface area contributed by atoms with Gasteiger partial charge in [0.15, 0.2) is 5.82 Å². The summed E-state index contributed by atoms with van der Waals surface area (Å²) in [5.41, 5.74) is 0.814. The molecule has 0 atom stereocenters. The molecule has 2 N–H and O–H groups in total. The molecule has 0 amide bonds. The Hall–Kier alpha value is -1.51. The highest BCUT2D eigenvalue weighted by Gasteiger charge is 2.15. The van der Waals surface area contributed by atoms with Gasteiger partial charge < -0.3 is 0 Å². The number of halogens is 1. The topological polar surface area (TPSA) is 101 Å². The summed E-state index contributed by atoms with van der Waals surface area (Å²) in [6.07, 6.45) is 0. The summed E-state index contributed by atoms with van der Waals surface area (Å²) in [6, 6.07) is 4.53. The summed E-state index contributed by atoms with van der Waals surface area (Å²) >= 11 is 5.89. The lowest BCUT2D eigenvalue weighted by atomic mass is 10.2. The summed E-state index contributed by atoms with van der Waals surface area (Å²) in [6.45, 7) is 1.76. The van der Waals surface area contributed by atoms with E-state index in [-0.39, 0.29) is 17.3 Å². The SMILES string of the molecule is Cc1ccc(S(=O)(=O)NCc2nn[nH]n2)cc1Cl. The third kappa shape index (κ3) is 2.84. The fourth-order valence-corrected chi connectivity index (χ4v) is 2.49. The van der Waals surface area contributed by atoms with Gasteiger partial charge in [0.25, 0.3) is 0 Å². The van der Waals surface area contributed by atoms with Crippen molar-refractivity contribution in [2.75, 3.05) is 0 Å². The number of rotatable bonds is 4. The average Bonchev–Trinajstić information content (AvgIpc) is 2.83. The van der Waals surface area contributed by atoms with Gasteiger partial charge in [-0.05, 0) is 24.6 Å². The zero-order valence-corrected chi connectivity index (χ0v) is 11.0. The molecule has 0 aliphatic heterocycles. The first-order valence-corrected chi connectivity index (χ1v) is 6.83. The largest absolute Gasteiger partial charge is 0.241 e. The van der Waals surface area contributed by atoms with Gasteiger partial charge in [0.05, 0.1) is 11.4 Å². The van der Waals surface area contributed by atoms with Gasteiger partial charge in [-0.1, -0.05) is 22.9 Å². The van der Waals surface area contributed by atoms with E-state index < -0.39 is 10.0 Å². The van der Waals surface area contributed by atoms with Gasteiger partial charge in [0, 0.05) is 5.02 Å². The molecule has 1 aromatic carbocycles. The molecule has 9 heteroatoms. The van der Waals surface area contributed by atoms with Crippen molar-refractivity contribution in [3.05, 3.63) is 34.6 Å². The van der Waals surface area contributed by atoms with Gasteiger partial charge in [-0.2, -0.15) is 5.21 Å². The van der Waals surface area contributed by atoms with Crippen LogP contribution in [0.4, 0.5) is 0 Å². The van der Waals surface area contributed by atoms with E-state index in [1.54, 1.807) is 13.0 Å². The summed E-state index contributed by atoms with van der Waals surface area (Å²) in [5, 5.41) is 13.3. The molecule has 0 fully saturated rings. The molecule has 18 heavy (non-hydrogen) atoms. The first kappa shape index (κ1) is 12.9. The number of benzene rings is 1. The Bertz CT molecular complexity index is 641. The number of aromatic nitrogens is 4. The van der Waals surface area contributed by atoms with E-state index in [9.17, 15) is 8.42 Å². The van der Waals surface area contributed by atoms with Gasteiger partial charge in [-0.25, -0.2) is 13.1 Å². The first-order valence-electron chi connectivity index (χ1n) is 4.97. The maximum absolute atomic E-state index is 11.9. The van der Waals surface area contributed by atoms with Crippen LogP contribution in [0.3, 0.4) is 0 Å². The lowest BCUT2D eigenvalue weighted by Gasteiger charge is -2.06. The summed E-state index contributed by atoms with van der Waals surface area (Å²) in [5.74, 6) is 0.261. The molecule has 0 aliphatic rings. The summed E-state index contributed by atoms with van der Waals surface area (Å²) in [4.78, 5) is 0.0987. The van der Waals surface area contributed by atoms with Gasteiger partial charge in [-0.15, -0.1) is 10.2 Å². The van der Waals surface area contributed by atoms with Crippen LogP contribution >= 0.6 is 11.6 Å². The quantitative estimate of drug-likeness (QED) is 0.859. The highest BCUT2D eigenvalue weighted by atomic mass is 35.5. The van der Waals surface area contributed by atoms with Crippen LogP contribution in [0.2, 0.25) is 5.02 Å². The van der Waals surface area contributed by atoms with Crippen molar-refractivity contribution in [1.29, 1.82) is 0 Å². The van der Waals surface area contributed by atoms with E-state index in [0.717, 1.165) is 5.56 Å². The molecule has 96 valence electrons. The van der Waals surface area contributed by atoms with Crippen molar-refractivity contribution in [1.82, 2.24) is 25.3 Å². The van der Waals surface area contributed by atoms with Crippen LogP contribution in [0.15, 0.2) is 23.1 Å². The fraction of sp³-hybridized carbons (Fsp3) is 0.222. The number of nitrogens with one attached hydrogen (secondary N) is 2. The van der Waals surface area contributed by atoms with Crippen LogP contribution < -0.4 is 4.72 Å². The van der Waals surface area contributed by atoms with Gasteiger partial charge in [-0.3, -0.25) is 0 Å². The Balaban J connectivity index is 2.17. The lowest BCUT2D eigenvalue weighted by Crippen LogP contribution is -2.23. The molecule has 0 bridgehead atoms. The van der Waals surface area contributed by atoms with Crippen molar-refractivity contribution < 1.29 is 8.42 Å². The van der Waals surface area contributed by atoms with Crippen LogP contribution in [-0.2, 0) is 16.6 Å². The molecule has 1 aromatic heterocycles. The third-order valence-electron chi connectivity index (χ3n) is 2.26. The Kier molecular flexibility index (Phi) is 3.60. The molecule has 7 nitrogen and oxygen atoms in total. The van der Waals surface area contributed by atoms with Crippen molar-refractivity contribution in [3.8, 4) is 0 Å². The van der Waals surface area contributed by atoms with Gasteiger partial charge in [0.1, 0.15) is 0 Å². The highest BCUT2D eigenvalue weighted by molar-refractivity contribution is 7.89. The minimum atomic E-state index is -3.63. The van der Waals surface area contributed by atoms with Crippen LogP contribution in [0.1, 0.15) is 11.4 Å². The Morgan fingerprint density at radius 2 is 2.22 bits per heavy atom. The molecule has 1 heterocycles. The van der Waals surface area contributed by atoms with Crippen LogP contribution in [0.5, 0.6) is 0 Å². The number of hydrogen-bond donors (Lipinski definition) is 2. The number of nitrogens with zero attached hydrogens (tertiary/aromatic N) is 3. The number of sulfonamides is 1. The molecule has 0 saturated carbocycles. The van der Waals surface area contributed by atoms with Crippen molar-refractivity contribution in [3.63, 3.8) is 0 Å². The Morgan fingerprint density at radius 3 is 2.83 bits per heavy atom. The number of tetrazole rings is 1. The molecular weight excluding hydrogens is 278 g/mol. The normalized spacial score (nSPS) is 11.7. The third-order valence-corrected chi connectivity index (χ3v) is 4.07. The zero-order chi connectivity index (χ0) is 13.2. The minimum Gasteiger partial charge on any atom is -0.207 e. The van der Waals surface area contributed by atoms with Crippen molar-refractivity contribution in [2.45, 2.75) is 18.4 Å². The minimum absolute atomic E-state index is 0.0374. The number of aromatic amines is 1. The lowest BCUT2D eigenvalue weighted by molar-refractivity contribution is 0.579. The molecule has 2 rings (SSSR count). The van der Waals surface area contributed by atoms with E-state index in [1.807, 2.05) is 0 Å². The summed E-state index contributed by atoms with van der Waals surface area (Å²) in [7, 11) is -3.63. The first-order chi connectivity index (χ1) is 8.49. The molecule has 0 spiro atoms. The van der Waals surface area contributed by atoms with E-state index in [1.165, 1.54) is 12.1 Å². The van der Waals surface area contributed by atoms with E-state index in [4.69, 9.17) is 11.6 Å². The van der Waals surface area contributed by atoms with Gasteiger partial charge >= 0.3 is 0 Å². The second kappa shape index (κ2) is 5.01. The summed E-state index contributed by atoms with van der Waals surface area (Å²) < 4.78 is 26.2. The average molecular weight is 288 g/mol. The zero-order valence-electron chi connectivity index (χ0n) is 9.38. The predicted octanol–water partition coefficient (Wildman–Crippen LogP) is 0.640. The van der Waals surface area contributed by atoms with Gasteiger partial charge in [0.2, 0.25) is 10.0 Å². The Labute approximate surface area is 109 Å². The maximum atomic E-state index is 11.9. The van der Waals surface area contributed by atoms with Crippen LogP contribution in [0.25, 0.3) is 0 Å². The molecule has 0 unspecified atom stereocenters. The van der Waals surface area contributed by atoms with E-state index in [2.05, 4.69) is 25.3 Å². The van der Waals surface area contributed by atoms with Crippen LogP contribution in [0, 0.1) is 6.92 Å². The molecule has 0 aliphatic carbocycles. The number of H-pyrrole nitrogens is 1. The standard InChI is InChI=1S/C9H10ClN5O2S/c1-6-2-3-7(4-8(6)10)18(16,17)11-5-9-12-14-15-13-9/h2-4,11H,5H2,1H3,(H,12,13,14,15). The molecular formula is C9H10ClN5O2S. The number of hydrogen-bond acceptors (Lipinski definition) is 5. The second-order valence-corrected chi connectivity index (χ2v) is 5.74. The molecule has 0 radical (unpaired) electrons. The smallest absolute Gasteiger partial charge is 0.207 e. The Morgan fingerprint density at radius 1 is 1.44 bits per heavy atom. The highest BCUT2D eigenvalue weighted by Crippen LogP contribution is 2.19. The number of aryl methyl sites for hydroxylation is 1. The fourth-order valence-electron chi connectivity index (χ4n) is 1.24. The monoisotopic (exact) mass is 287 g/mol. The maximum Gasteiger partial charge on any atom is 0.241 e. The predicted molar refractivity (Wildman–Crippen MR) is 64.4 cm³/mol. The second-order valence-electron chi connectivity index (χ2n) is 3.56. The van der Waals surface area contributed by atoms with E-state index in [0.29, 0.717) is 5.02 Å². The van der Waals surface area contributed by atoms with Crippen LogP contribution in [-0.4, -0.2) is 29.0 Å². The molecule has 2 aromatic rings. The van der Waals surface area contributed by atoms with E-state index >= 15 is 0 Å². The van der Waals surface area contributed by atoms with Crippen molar-refractivity contribution in [2.24, 2.45) is 0 Å². The van der Waals surface area contributed by atoms with Crippen molar-refractivity contribution >= 4 is 21.6 Å².